The van der Waals surface area contributed by atoms with E-state index >= 15 is 0 Å². The van der Waals surface area contributed by atoms with Gasteiger partial charge in [-0.1, -0.05) is 26.0 Å². The van der Waals surface area contributed by atoms with E-state index in [1.54, 1.807) is 12.5 Å². The zero-order valence-corrected chi connectivity index (χ0v) is 7.49. The number of nitrogens with one attached hydrogen (secondary N) is 1. The summed E-state index contributed by atoms with van der Waals surface area (Å²) >= 11 is 0. The van der Waals surface area contributed by atoms with Crippen LogP contribution in [0.3, 0.4) is 0 Å². The lowest BCUT2D eigenvalue weighted by molar-refractivity contribution is 0.822. The van der Waals surface area contributed by atoms with Gasteiger partial charge in [-0.2, -0.15) is 0 Å². The van der Waals surface area contributed by atoms with Crippen LogP contribution in [0.1, 0.15) is 25.5 Å². The molecule has 1 heterocycles. The lowest BCUT2D eigenvalue weighted by atomic mass is 10.1. The van der Waals surface area contributed by atoms with Gasteiger partial charge in [-0.3, -0.25) is 0 Å². The number of aromatic amines is 1. The van der Waals surface area contributed by atoms with Gasteiger partial charge < -0.3 is 4.98 Å². The summed E-state index contributed by atoms with van der Waals surface area (Å²) in [6.07, 6.45) is 3.45. The van der Waals surface area contributed by atoms with Crippen LogP contribution in [0.15, 0.2) is 36.8 Å². The highest BCUT2D eigenvalue weighted by Gasteiger charge is 1.93. The maximum atomic E-state index is 4.01. The van der Waals surface area contributed by atoms with E-state index in [0.29, 0.717) is 5.92 Å². The van der Waals surface area contributed by atoms with Crippen molar-refractivity contribution in [3.8, 4) is 0 Å². The van der Waals surface area contributed by atoms with Crippen molar-refractivity contribution in [2.75, 3.05) is 0 Å². The molecule has 0 spiro atoms. The summed E-state index contributed by atoms with van der Waals surface area (Å²) in [5.41, 5.74) is 1.18. The molecular formula is C10H14N2. The van der Waals surface area contributed by atoms with E-state index in [-0.39, 0.29) is 0 Å². The van der Waals surface area contributed by atoms with Gasteiger partial charge in [-0.25, -0.2) is 4.98 Å². The van der Waals surface area contributed by atoms with Crippen LogP contribution in [0.4, 0.5) is 0 Å². The number of hydrogen-bond acceptors (Lipinski definition) is 1. The van der Waals surface area contributed by atoms with Crippen LogP contribution < -0.4 is 0 Å². The molecule has 64 valence electrons. The van der Waals surface area contributed by atoms with Crippen LogP contribution >= 0.6 is 0 Å². The SMILES string of the molecule is CC(C)c1cccccnc[nH]1. The molecule has 0 aliphatic carbocycles. The second kappa shape index (κ2) is 4.54. The number of nitrogens with zero attached hydrogens (tertiary/aromatic N) is 1. The van der Waals surface area contributed by atoms with E-state index < -0.39 is 0 Å². The molecule has 0 aliphatic rings. The van der Waals surface area contributed by atoms with Gasteiger partial charge in [-0.05, 0) is 18.1 Å². The van der Waals surface area contributed by atoms with Gasteiger partial charge in [0.15, 0.2) is 0 Å². The Bertz CT molecular complexity index is 251. The summed E-state index contributed by atoms with van der Waals surface area (Å²) < 4.78 is 0. The fraction of sp³-hybridized carbons (Fsp3) is 0.300. The third-order valence-corrected chi connectivity index (χ3v) is 1.60. The summed E-state index contributed by atoms with van der Waals surface area (Å²) in [5, 5.41) is 0. The molecule has 0 radical (unpaired) electrons. The average Bonchev–Trinajstić information content (AvgIpc) is 2.15. The fourth-order valence-corrected chi connectivity index (χ4v) is 0.885. The first-order chi connectivity index (χ1) is 5.80. The first-order valence-corrected chi connectivity index (χ1v) is 4.12. The van der Waals surface area contributed by atoms with Crippen molar-refractivity contribution in [1.82, 2.24) is 9.97 Å². The standard InChI is InChI=1S/C10H14N2/c1-9(2)10-6-4-3-5-7-11-8-12-10/h3-9H,1-2H3,(H,11,12). The summed E-state index contributed by atoms with van der Waals surface area (Å²) in [5.74, 6) is 0.499. The minimum Gasteiger partial charge on any atom is -0.350 e. The normalized spacial score (nSPS) is 9.58. The van der Waals surface area contributed by atoms with Gasteiger partial charge in [-0.15, -0.1) is 0 Å². The van der Waals surface area contributed by atoms with Gasteiger partial charge in [0, 0.05) is 11.9 Å². The Morgan fingerprint density at radius 3 is 2.83 bits per heavy atom. The minimum atomic E-state index is 0.499. The number of H-pyrrole nitrogens is 1. The monoisotopic (exact) mass is 162 g/mol. The number of hydrogen-bond donors (Lipinski definition) is 1. The van der Waals surface area contributed by atoms with Crippen LogP contribution in [0.2, 0.25) is 0 Å². The maximum absolute atomic E-state index is 4.01. The zero-order chi connectivity index (χ0) is 8.81. The van der Waals surface area contributed by atoms with E-state index in [2.05, 4.69) is 29.9 Å². The van der Waals surface area contributed by atoms with Crippen LogP contribution in [0, 0.1) is 0 Å². The molecule has 2 heteroatoms. The van der Waals surface area contributed by atoms with Crippen LogP contribution in [-0.4, -0.2) is 9.97 Å². The van der Waals surface area contributed by atoms with Crippen molar-refractivity contribution < 1.29 is 0 Å². The Labute approximate surface area is 73.0 Å². The molecule has 0 aliphatic heterocycles. The Balaban J connectivity index is 3.10. The predicted octanol–water partition coefficient (Wildman–Crippen LogP) is 2.66. The molecule has 0 saturated carbocycles. The van der Waals surface area contributed by atoms with Crippen molar-refractivity contribution >= 4 is 0 Å². The molecular weight excluding hydrogens is 148 g/mol. The molecule has 0 fully saturated rings. The quantitative estimate of drug-likeness (QED) is 0.675. The van der Waals surface area contributed by atoms with Crippen LogP contribution in [0.25, 0.3) is 0 Å². The van der Waals surface area contributed by atoms with E-state index in [1.165, 1.54) is 5.69 Å². The lowest BCUT2D eigenvalue weighted by Crippen LogP contribution is -1.87. The Hall–Kier alpha value is -1.31. The van der Waals surface area contributed by atoms with Crippen molar-refractivity contribution in [3.05, 3.63) is 42.5 Å². The Morgan fingerprint density at radius 1 is 1.25 bits per heavy atom. The summed E-state index contributed by atoms with van der Waals surface area (Å²) in [4.78, 5) is 7.14. The third-order valence-electron chi connectivity index (χ3n) is 1.60. The summed E-state index contributed by atoms with van der Waals surface area (Å²) in [7, 11) is 0. The highest BCUT2D eigenvalue weighted by molar-refractivity contribution is 5.04. The van der Waals surface area contributed by atoms with Crippen LogP contribution in [-0.2, 0) is 0 Å². The molecule has 1 rings (SSSR count). The summed E-state index contributed by atoms with van der Waals surface area (Å²) in [6, 6.07) is 7.94. The average molecular weight is 162 g/mol. The molecule has 12 heavy (non-hydrogen) atoms. The van der Waals surface area contributed by atoms with Crippen LogP contribution in [0.5, 0.6) is 0 Å². The lowest BCUT2D eigenvalue weighted by Gasteiger charge is -2.00. The van der Waals surface area contributed by atoms with E-state index in [4.69, 9.17) is 0 Å². The largest absolute Gasteiger partial charge is 0.350 e. The van der Waals surface area contributed by atoms with E-state index in [0.717, 1.165) is 0 Å². The number of aromatic nitrogens is 2. The van der Waals surface area contributed by atoms with Crippen molar-refractivity contribution in [1.29, 1.82) is 0 Å². The summed E-state index contributed by atoms with van der Waals surface area (Å²) in [6.45, 7) is 4.29. The molecule has 0 aromatic carbocycles. The maximum Gasteiger partial charge on any atom is 0.0920 e. The van der Waals surface area contributed by atoms with Gasteiger partial charge in [0.05, 0.1) is 6.33 Å². The van der Waals surface area contributed by atoms with Crippen molar-refractivity contribution in [2.45, 2.75) is 19.8 Å². The third kappa shape index (κ3) is 2.74. The molecule has 0 atom stereocenters. The zero-order valence-electron chi connectivity index (χ0n) is 7.49. The molecule has 0 saturated heterocycles. The first kappa shape index (κ1) is 8.78. The highest BCUT2D eigenvalue weighted by atomic mass is 14.8. The van der Waals surface area contributed by atoms with Gasteiger partial charge >= 0.3 is 0 Å². The second-order valence-corrected chi connectivity index (χ2v) is 2.93. The smallest absolute Gasteiger partial charge is 0.0920 e. The van der Waals surface area contributed by atoms with Gasteiger partial charge in [0.1, 0.15) is 0 Å². The number of rotatable bonds is 1. The molecule has 0 bridgehead atoms. The minimum absolute atomic E-state index is 0.499. The van der Waals surface area contributed by atoms with Crippen molar-refractivity contribution in [2.24, 2.45) is 0 Å². The Morgan fingerprint density at radius 2 is 2.08 bits per heavy atom. The molecule has 1 aromatic rings. The first-order valence-electron chi connectivity index (χ1n) is 4.12. The second-order valence-electron chi connectivity index (χ2n) is 2.93. The van der Waals surface area contributed by atoms with E-state index in [9.17, 15) is 0 Å². The Kier molecular flexibility index (Phi) is 3.33. The topological polar surface area (TPSA) is 28.7 Å². The van der Waals surface area contributed by atoms with Gasteiger partial charge in [0.25, 0.3) is 0 Å². The molecule has 1 aromatic heterocycles. The molecule has 2 nitrogen and oxygen atoms in total. The van der Waals surface area contributed by atoms with Gasteiger partial charge in [0.2, 0.25) is 0 Å². The predicted molar refractivity (Wildman–Crippen MR) is 50.3 cm³/mol. The molecule has 1 N–H and O–H groups in total. The molecule has 0 unspecified atom stereocenters. The van der Waals surface area contributed by atoms with E-state index in [1.807, 2.05) is 18.2 Å². The molecule has 0 amide bonds. The van der Waals surface area contributed by atoms with Crippen molar-refractivity contribution in [3.63, 3.8) is 0 Å². The highest BCUT2D eigenvalue weighted by Crippen LogP contribution is 2.07. The fourth-order valence-electron chi connectivity index (χ4n) is 0.885.